The van der Waals surface area contributed by atoms with Gasteiger partial charge in [0.1, 0.15) is 18.0 Å². The number of hydrogen-bond acceptors (Lipinski definition) is 4. The van der Waals surface area contributed by atoms with Gasteiger partial charge >= 0.3 is 0 Å². The molecule has 6 nitrogen and oxygen atoms in total. The Bertz CT molecular complexity index is 1210. The molecule has 0 aliphatic carbocycles. The van der Waals surface area contributed by atoms with E-state index in [0.717, 1.165) is 48.6 Å². The van der Waals surface area contributed by atoms with Crippen LogP contribution in [0.4, 0.5) is 5.82 Å². The molecule has 0 bridgehead atoms. The number of nitrogens with one attached hydrogen (secondary N) is 1. The smallest absolute Gasteiger partial charge is 0.223 e. The van der Waals surface area contributed by atoms with Crippen molar-refractivity contribution in [2.75, 3.05) is 18.0 Å². The molecule has 1 saturated heterocycles. The molecule has 1 aliphatic heterocycles. The Balaban J connectivity index is 1.24. The van der Waals surface area contributed by atoms with E-state index in [2.05, 4.69) is 43.0 Å². The molecule has 32 heavy (non-hydrogen) atoms. The fourth-order valence-corrected chi connectivity index (χ4v) is 4.45. The van der Waals surface area contributed by atoms with Crippen LogP contribution in [0.5, 0.6) is 0 Å². The molecular weight excluding hydrogens is 398 g/mol. The van der Waals surface area contributed by atoms with Crippen molar-refractivity contribution in [3.05, 3.63) is 84.8 Å². The summed E-state index contributed by atoms with van der Waals surface area (Å²) in [4.78, 5) is 24.1. The van der Waals surface area contributed by atoms with Crippen molar-refractivity contribution in [1.82, 2.24) is 19.9 Å². The van der Waals surface area contributed by atoms with Crippen LogP contribution in [0, 0.1) is 5.92 Å². The summed E-state index contributed by atoms with van der Waals surface area (Å²) in [5.41, 5.74) is 2.25. The van der Waals surface area contributed by atoms with Crippen LogP contribution in [-0.2, 0) is 4.79 Å². The summed E-state index contributed by atoms with van der Waals surface area (Å²) < 4.78 is 2.09. The molecule has 2 aromatic heterocycles. The largest absolute Gasteiger partial charge is 0.356 e. The quantitative estimate of drug-likeness (QED) is 0.511. The van der Waals surface area contributed by atoms with Gasteiger partial charge < -0.3 is 14.8 Å². The van der Waals surface area contributed by atoms with Gasteiger partial charge in [0.2, 0.25) is 5.91 Å². The number of aromatic nitrogens is 3. The summed E-state index contributed by atoms with van der Waals surface area (Å²) >= 11 is 0. The number of benzene rings is 2. The third-order valence-electron chi connectivity index (χ3n) is 6.33. The maximum Gasteiger partial charge on any atom is 0.223 e. The standard InChI is InChI=1S/C26H27N5O/c1-19(20-7-3-2-4-8-20)29-26(32)22-11-14-30(15-12-22)24-17-25(28-18-27-24)31-16-13-21-9-5-6-10-23(21)31/h2-10,13,16-19,22H,11-12,14-15H2,1H3,(H,29,32)/t19-/m1/s1. The molecule has 162 valence electrons. The number of rotatable bonds is 5. The van der Waals surface area contributed by atoms with Crippen LogP contribution in [0.3, 0.4) is 0 Å². The third-order valence-corrected chi connectivity index (χ3v) is 6.33. The van der Waals surface area contributed by atoms with Crippen molar-refractivity contribution < 1.29 is 4.79 Å². The first-order valence-corrected chi connectivity index (χ1v) is 11.2. The molecule has 5 rings (SSSR count). The second-order valence-corrected chi connectivity index (χ2v) is 8.38. The van der Waals surface area contributed by atoms with Crippen LogP contribution >= 0.6 is 0 Å². The van der Waals surface area contributed by atoms with Crippen LogP contribution in [0.25, 0.3) is 16.7 Å². The zero-order valence-electron chi connectivity index (χ0n) is 18.2. The number of carbonyl (C=O) groups is 1. The van der Waals surface area contributed by atoms with Crippen molar-refractivity contribution in [3.8, 4) is 5.82 Å². The van der Waals surface area contributed by atoms with Gasteiger partial charge in [0.05, 0.1) is 11.6 Å². The van der Waals surface area contributed by atoms with Crippen molar-refractivity contribution in [2.45, 2.75) is 25.8 Å². The van der Waals surface area contributed by atoms with Crippen molar-refractivity contribution >= 4 is 22.6 Å². The number of piperidine rings is 1. The summed E-state index contributed by atoms with van der Waals surface area (Å²) in [5, 5.41) is 4.36. The monoisotopic (exact) mass is 425 g/mol. The first-order chi connectivity index (χ1) is 15.7. The molecule has 0 spiro atoms. The lowest BCUT2D eigenvalue weighted by molar-refractivity contribution is -0.126. The zero-order valence-corrected chi connectivity index (χ0v) is 18.2. The van der Waals surface area contributed by atoms with E-state index in [1.807, 2.05) is 61.7 Å². The van der Waals surface area contributed by atoms with Crippen LogP contribution in [-0.4, -0.2) is 33.5 Å². The first-order valence-electron chi connectivity index (χ1n) is 11.2. The van der Waals surface area contributed by atoms with Gasteiger partial charge in [-0.15, -0.1) is 0 Å². The minimum Gasteiger partial charge on any atom is -0.356 e. The Hall–Kier alpha value is -3.67. The molecule has 0 saturated carbocycles. The zero-order chi connectivity index (χ0) is 21.9. The van der Waals surface area contributed by atoms with Crippen LogP contribution in [0.2, 0.25) is 0 Å². The van der Waals surface area contributed by atoms with E-state index in [1.54, 1.807) is 6.33 Å². The lowest BCUT2D eigenvalue weighted by atomic mass is 9.95. The lowest BCUT2D eigenvalue weighted by Crippen LogP contribution is -2.41. The van der Waals surface area contributed by atoms with Crippen LogP contribution < -0.4 is 10.2 Å². The van der Waals surface area contributed by atoms with Gasteiger partial charge in [-0.2, -0.15) is 0 Å². The summed E-state index contributed by atoms with van der Waals surface area (Å²) in [7, 11) is 0. The van der Waals surface area contributed by atoms with E-state index in [9.17, 15) is 4.79 Å². The topological polar surface area (TPSA) is 63.1 Å². The average Bonchev–Trinajstić information content (AvgIpc) is 3.29. The highest BCUT2D eigenvalue weighted by atomic mass is 16.1. The average molecular weight is 426 g/mol. The third kappa shape index (κ3) is 4.08. The van der Waals surface area contributed by atoms with Gasteiger partial charge in [-0.1, -0.05) is 48.5 Å². The number of fused-ring (bicyclic) bond motifs is 1. The summed E-state index contributed by atoms with van der Waals surface area (Å²) in [6.07, 6.45) is 5.30. The minimum atomic E-state index is 0.0162. The Morgan fingerprint density at radius 1 is 0.969 bits per heavy atom. The van der Waals surface area contributed by atoms with Gasteiger partial charge in [-0.05, 0) is 42.8 Å². The number of anilines is 1. The number of carbonyl (C=O) groups excluding carboxylic acids is 1. The fraction of sp³-hybridized carbons (Fsp3) is 0.269. The Morgan fingerprint density at radius 2 is 1.69 bits per heavy atom. The van der Waals surface area contributed by atoms with Gasteiger partial charge in [0.15, 0.2) is 0 Å². The maximum absolute atomic E-state index is 12.8. The van der Waals surface area contributed by atoms with E-state index < -0.39 is 0 Å². The normalized spacial score (nSPS) is 15.6. The van der Waals surface area contributed by atoms with Gasteiger partial charge in [-0.3, -0.25) is 4.79 Å². The predicted molar refractivity (Wildman–Crippen MR) is 127 cm³/mol. The lowest BCUT2D eigenvalue weighted by Gasteiger charge is -2.32. The van der Waals surface area contributed by atoms with Gasteiger partial charge in [-0.25, -0.2) is 9.97 Å². The Kier molecular flexibility index (Phi) is 5.58. The molecule has 0 radical (unpaired) electrons. The van der Waals surface area contributed by atoms with E-state index in [1.165, 1.54) is 5.39 Å². The summed E-state index contributed by atoms with van der Waals surface area (Å²) in [6, 6.07) is 22.5. The number of para-hydroxylation sites is 1. The molecule has 4 aromatic rings. The van der Waals surface area contributed by atoms with Gasteiger partial charge in [0, 0.05) is 31.3 Å². The highest BCUT2D eigenvalue weighted by molar-refractivity contribution is 5.81. The van der Waals surface area contributed by atoms with Crippen LogP contribution in [0.15, 0.2) is 79.3 Å². The number of nitrogens with zero attached hydrogens (tertiary/aromatic N) is 4. The minimum absolute atomic E-state index is 0.0162. The second-order valence-electron chi connectivity index (χ2n) is 8.38. The van der Waals surface area contributed by atoms with Crippen molar-refractivity contribution in [2.24, 2.45) is 5.92 Å². The molecule has 0 unspecified atom stereocenters. The molecule has 2 aromatic carbocycles. The molecular formula is C26H27N5O. The molecule has 1 atom stereocenters. The summed E-state index contributed by atoms with van der Waals surface area (Å²) in [5.74, 6) is 1.94. The molecule has 1 fully saturated rings. The van der Waals surface area contributed by atoms with E-state index >= 15 is 0 Å². The van der Waals surface area contributed by atoms with Gasteiger partial charge in [0.25, 0.3) is 0 Å². The number of amides is 1. The maximum atomic E-state index is 12.8. The first kappa shape index (κ1) is 20.2. The highest BCUT2D eigenvalue weighted by Crippen LogP contribution is 2.25. The Labute approximate surface area is 187 Å². The second kappa shape index (κ2) is 8.83. The highest BCUT2D eigenvalue weighted by Gasteiger charge is 2.26. The summed E-state index contributed by atoms with van der Waals surface area (Å²) in [6.45, 7) is 3.65. The van der Waals surface area contributed by atoms with Crippen LogP contribution in [0.1, 0.15) is 31.4 Å². The molecule has 3 heterocycles. The van der Waals surface area contributed by atoms with E-state index in [4.69, 9.17) is 0 Å². The van der Waals surface area contributed by atoms with E-state index in [0.29, 0.717) is 0 Å². The van der Waals surface area contributed by atoms with Crippen molar-refractivity contribution in [3.63, 3.8) is 0 Å². The molecule has 1 N–H and O–H groups in total. The molecule has 6 heteroatoms. The Morgan fingerprint density at radius 3 is 2.50 bits per heavy atom. The SMILES string of the molecule is C[C@@H](NC(=O)C1CCN(c2cc(-n3ccc4ccccc43)ncn2)CC1)c1ccccc1. The van der Waals surface area contributed by atoms with E-state index in [-0.39, 0.29) is 17.9 Å². The molecule has 1 amide bonds. The molecule has 1 aliphatic rings. The fourth-order valence-electron chi connectivity index (χ4n) is 4.45. The predicted octanol–water partition coefficient (Wildman–Crippen LogP) is 4.51. The van der Waals surface area contributed by atoms with Crippen molar-refractivity contribution in [1.29, 1.82) is 0 Å². The number of hydrogen-bond donors (Lipinski definition) is 1.